The van der Waals surface area contributed by atoms with E-state index < -0.39 is 0 Å². The van der Waals surface area contributed by atoms with Crippen LogP contribution in [0.5, 0.6) is 0 Å². The molecule has 0 unspecified atom stereocenters. The SMILES string of the molecule is Nc1cnc(Nc2ccc(Cl)cc2I)c(Cl)c1. The number of hydrogen-bond donors (Lipinski definition) is 2. The van der Waals surface area contributed by atoms with E-state index in [0.29, 0.717) is 21.6 Å². The molecule has 0 aliphatic carbocycles. The maximum Gasteiger partial charge on any atom is 0.149 e. The predicted octanol–water partition coefficient (Wildman–Crippen LogP) is 4.32. The van der Waals surface area contributed by atoms with Crippen molar-refractivity contribution in [2.24, 2.45) is 0 Å². The first kappa shape index (κ1) is 12.7. The second-order valence-electron chi connectivity index (χ2n) is 3.35. The average molecular weight is 380 g/mol. The Bertz CT molecular complexity index is 511. The summed E-state index contributed by atoms with van der Waals surface area (Å²) < 4.78 is 0.991. The maximum absolute atomic E-state index is 6.03. The lowest BCUT2D eigenvalue weighted by Crippen LogP contribution is -1.97. The Morgan fingerprint density at radius 3 is 2.65 bits per heavy atom. The third-order valence-corrected chi connectivity index (χ3v) is 3.46. The highest BCUT2D eigenvalue weighted by atomic mass is 127. The monoisotopic (exact) mass is 379 g/mol. The van der Waals surface area contributed by atoms with Gasteiger partial charge in [-0.05, 0) is 46.9 Å². The van der Waals surface area contributed by atoms with E-state index in [1.807, 2.05) is 12.1 Å². The minimum atomic E-state index is 0.482. The summed E-state index contributed by atoms with van der Waals surface area (Å²) >= 11 is 14.1. The van der Waals surface area contributed by atoms with Gasteiger partial charge in [-0.1, -0.05) is 23.2 Å². The highest BCUT2D eigenvalue weighted by Crippen LogP contribution is 2.28. The second-order valence-corrected chi connectivity index (χ2v) is 5.35. The number of nitrogen functional groups attached to an aromatic ring is 1. The molecule has 0 amide bonds. The molecular formula is C11H8Cl2IN3. The molecule has 0 aliphatic rings. The Labute approximate surface area is 122 Å². The topological polar surface area (TPSA) is 50.9 Å². The van der Waals surface area contributed by atoms with Crippen LogP contribution in [0.25, 0.3) is 0 Å². The smallest absolute Gasteiger partial charge is 0.149 e. The molecule has 6 heteroatoms. The van der Waals surface area contributed by atoms with Crippen LogP contribution < -0.4 is 11.1 Å². The van der Waals surface area contributed by atoms with Crippen molar-refractivity contribution >= 4 is 63.0 Å². The summed E-state index contributed by atoms with van der Waals surface area (Å²) in [5.41, 5.74) is 7.01. The van der Waals surface area contributed by atoms with Gasteiger partial charge in [0.2, 0.25) is 0 Å². The molecule has 17 heavy (non-hydrogen) atoms. The first-order valence-electron chi connectivity index (χ1n) is 4.69. The lowest BCUT2D eigenvalue weighted by atomic mass is 10.3. The second kappa shape index (κ2) is 5.29. The zero-order chi connectivity index (χ0) is 12.4. The number of pyridine rings is 1. The normalized spacial score (nSPS) is 10.3. The summed E-state index contributed by atoms with van der Waals surface area (Å²) in [4.78, 5) is 4.13. The quantitative estimate of drug-likeness (QED) is 0.764. The number of benzene rings is 1. The Balaban J connectivity index is 2.31. The fourth-order valence-electron chi connectivity index (χ4n) is 1.26. The predicted molar refractivity (Wildman–Crippen MR) is 81.1 cm³/mol. The van der Waals surface area contributed by atoms with Crippen molar-refractivity contribution < 1.29 is 0 Å². The molecule has 0 bridgehead atoms. The third-order valence-electron chi connectivity index (χ3n) is 2.05. The maximum atomic E-state index is 6.03. The Kier molecular flexibility index (Phi) is 3.96. The molecule has 0 atom stereocenters. The molecular weight excluding hydrogens is 372 g/mol. The minimum Gasteiger partial charge on any atom is -0.397 e. The Morgan fingerprint density at radius 2 is 2.00 bits per heavy atom. The molecule has 3 N–H and O–H groups in total. The Morgan fingerprint density at radius 1 is 1.24 bits per heavy atom. The van der Waals surface area contributed by atoms with Gasteiger partial charge in [0.25, 0.3) is 0 Å². The molecule has 1 heterocycles. The van der Waals surface area contributed by atoms with E-state index in [-0.39, 0.29) is 0 Å². The number of rotatable bonds is 2. The summed E-state index contributed by atoms with van der Waals surface area (Å²) in [5, 5.41) is 4.30. The van der Waals surface area contributed by atoms with E-state index in [4.69, 9.17) is 28.9 Å². The molecule has 1 aromatic carbocycles. The molecule has 1 aromatic heterocycles. The molecule has 3 nitrogen and oxygen atoms in total. The molecule has 0 fully saturated rings. The first-order valence-corrected chi connectivity index (χ1v) is 6.53. The summed E-state index contributed by atoms with van der Waals surface area (Å²) in [5.74, 6) is 0.570. The van der Waals surface area contributed by atoms with Crippen molar-refractivity contribution in [3.63, 3.8) is 0 Å². The third kappa shape index (κ3) is 3.14. The van der Waals surface area contributed by atoms with Gasteiger partial charge in [-0.2, -0.15) is 0 Å². The van der Waals surface area contributed by atoms with E-state index in [0.717, 1.165) is 9.26 Å². The van der Waals surface area contributed by atoms with Crippen molar-refractivity contribution in [3.05, 3.63) is 44.1 Å². The van der Waals surface area contributed by atoms with Gasteiger partial charge in [-0.3, -0.25) is 0 Å². The van der Waals surface area contributed by atoms with Crippen LogP contribution in [0.3, 0.4) is 0 Å². The molecule has 0 saturated heterocycles. The Hall–Kier alpha value is -0.720. The van der Waals surface area contributed by atoms with Gasteiger partial charge in [0.05, 0.1) is 22.6 Å². The van der Waals surface area contributed by atoms with Gasteiger partial charge < -0.3 is 11.1 Å². The van der Waals surface area contributed by atoms with Gasteiger partial charge >= 0.3 is 0 Å². The standard InChI is InChI=1S/C11H8Cl2IN3/c12-6-1-2-10(9(14)3-6)17-11-8(13)4-7(15)5-16-11/h1-5H,15H2,(H,16,17). The number of anilines is 3. The summed E-state index contributed by atoms with van der Waals surface area (Å²) in [6, 6.07) is 7.19. The number of aromatic nitrogens is 1. The minimum absolute atomic E-state index is 0.482. The van der Waals surface area contributed by atoms with E-state index in [1.54, 1.807) is 18.3 Å². The van der Waals surface area contributed by atoms with Gasteiger partial charge in [-0.15, -0.1) is 0 Å². The van der Waals surface area contributed by atoms with Crippen LogP contribution in [0, 0.1) is 3.57 Å². The van der Waals surface area contributed by atoms with E-state index in [2.05, 4.69) is 32.9 Å². The summed E-state index contributed by atoms with van der Waals surface area (Å²) in [6.45, 7) is 0. The van der Waals surface area contributed by atoms with Crippen LogP contribution in [0.15, 0.2) is 30.5 Å². The number of nitrogens with two attached hydrogens (primary N) is 1. The van der Waals surface area contributed by atoms with Gasteiger partial charge in [0.1, 0.15) is 5.82 Å². The van der Waals surface area contributed by atoms with Crippen LogP contribution in [-0.4, -0.2) is 4.98 Å². The first-order chi connectivity index (χ1) is 8.06. The van der Waals surface area contributed by atoms with Gasteiger partial charge in [0, 0.05) is 8.59 Å². The van der Waals surface area contributed by atoms with Crippen LogP contribution in [0.2, 0.25) is 10.0 Å². The molecule has 2 rings (SSSR count). The molecule has 0 saturated carbocycles. The summed E-state index contributed by atoms with van der Waals surface area (Å²) in [7, 11) is 0. The van der Waals surface area contributed by atoms with Crippen molar-refractivity contribution in [2.45, 2.75) is 0 Å². The highest BCUT2D eigenvalue weighted by Gasteiger charge is 2.05. The summed E-state index contributed by atoms with van der Waals surface area (Å²) in [6.07, 6.45) is 1.55. The zero-order valence-electron chi connectivity index (χ0n) is 8.55. The van der Waals surface area contributed by atoms with Crippen LogP contribution in [0.4, 0.5) is 17.2 Å². The van der Waals surface area contributed by atoms with Crippen molar-refractivity contribution in [1.29, 1.82) is 0 Å². The fourth-order valence-corrected chi connectivity index (χ4v) is 2.49. The number of nitrogens with one attached hydrogen (secondary N) is 1. The van der Waals surface area contributed by atoms with Crippen molar-refractivity contribution in [1.82, 2.24) is 4.98 Å². The van der Waals surface area contributed by atoms with Crippen molar-refractivity contribution in [3.8, 4) is 0 Å². The molecule has 0 spiro atoms. The molecule has 2 aromatic rings. The van der Waals surface area contributed by atoms with Gasteiger partial charge in [0.15, 0.2) is 0 Å². The lowest BCUT2D eigenvalue weighted by Gasteiger charge is -2.09. The van der Waals surface area contributed by atoms with Crippen LogP contribution >= 0.6 is 45.8 Å². The zero-order valence-corrected chi connectivity index (χ0v) is 12.2. The molecule has 0 aliphatic heterocycles. The fraction of sp³-hybridized carbons (Fsp3) is 0. The van der Waals surface area contributed by atoms with E-state index >= 15 is 0 Å². The van der Waals surface area contributed by atoms with Crippen LogP contribution in [0.1, 0.15) is 0 Å². The number of hydrogen-bond acceptors (Lipinski definition) is 3. The average Bonchev–Trinajstić information content (AvgIpc) is 2.25. The van der Waals surface area contributed by atoms with E-state index in [9.17, 15) is 0 Å². The van der Waals surface area contributed by atoms with E-state index in [1.165, 1.54) is 0 Å². The lowest BCUT2D eigenvalue weighted by molar-refractivity contribution is 1.31. The number of halogens is 3. The number of nitrogens with zero attached hydrogens (tertiary/aromatic N) is 1. The van der Waals surface area contributed by atoms with Crippen LogP contribution in [-0.2, 0) is 0 Å². The molecule has 0 radical (unpaired) electrons. The van der Waals surface area contributed by atoms with Crippen molar-refractivity contribution in [2.75, 3.05) is 11.1 Å². The van der Waals surface area contributed by atoms with Gasteiger partial charge in [-0.25, -0.2) is 4.98 Å². The highest BCUT2D eigenvalue weighted by molar-refractivity contribution is 14.1. The molecule has 88 valence electrons. The largest absolute Gasteiger partial charge is 0.397 e.